The highest BCUT2D eigenvalue weighted by atomic mass is 35.5. The molecule has 1 atom stereocenters. The first-order valence-electron chi connectivity index (χ1n) is 6.12. The maximum Gasteiger partial charge on any atom is 0.142 e. The van der Waals surface area contributed by atoms with Crippen LogP contribution in [0.2, 0.25) is 5.02 Å². The lowest BCUT2D eigenvalue weighted by atomic mass is 9.99. The Morgan fingerprint density at radius 1 is 1.47 bits per heavy atom. The van der Waals surface area contributed by atoms with E-state index in [2.05, 4.69) is 10.4 Å². The number of nitrogens with zero attached hydrogens (tertiary/aromatic N) is 2. The molecule has 1 heterocycles. The molecule has 1 N–H and O–H groups in total. The van der Waals surface area contributed by atoms with E-state index in [0.29, 0.717) is 6.42 Å². The minimum Gasteiger partial charge on any atom is -0.313 e. The molecule has 2 aromatic rings. The van der Waals surface area contributed by atoms with E-state index in [1.807, 2.05) is 38.0 Å². The van der Waals surface area contributed by atoms with Crippen LogP contribution in [0.25, 0.3) is 0 Å². The summed E-state index contributed by atoms with van der Waals surface area (Å²) in [5.74, 6) is -0.378. The maximum atomic E-state index is 13.5. The van der Waals surface area contributed by atoms with Gasteiger partial charge in [-0.05, 0) is 38.1 Å². The van der Waals surface area contributed by atoms with Gasteiger partial charge in [0.1, 0.15) is 5.82 Å². The van der Waals surface area contributed by atoms with Crippen molar-refractivity contribution >= 4 is 11.6 Å². The van der Waals surface area contributed by atoms with Crippen molar-refractivity contribution in [2.24, 2.45) is 7.05 Å². The number of halogens is 2. The lowest BCUT2D eigenvalue weighted by Crippen LogP contribution is -2.19. The van der Waals surface area contributed by atoms with Gasteiger partial charge in [-0.2, -0.15) is 5.10 Å². The summed E-state index contributed by atoms with van der Waals surface area (Å²) in [6.45, 7) is 2.02. The van der Waals surface area contributed by atoms with Crippen molar-refractivity contribution in [3.8, 4) is 0 Å². The molecular formula is C14H17ClFN3. The summed E-state index contributed by atoms with van der Waals surface area (Å²) < 4.78 is 15.3. The van der Waals surface area contributed by atoms with Crippen LogP contribution in [0, 0.1) is 12.7 Å². The van der Waals surface area contributed by atoms with Crippen LogP contribution < -0.4 is 5.32 Å². The third-order valence-corrected chi connectivity index (χ3v) is 3.73. The van der Waals surface area contributed by atoms with E-state index < -0.39 is 0 Å². The maximum absolute atomic E-state index is 13.5. The largest absolute Gasteiger partial charge is 0.313 e. The second-order valence-corrected chi connectivity index (χ2v) is 5.01. The molecule has 5 heteroatoms. The first kappa shape index (κ1) is 14.0. The average Bonchev–Trinajstić information content (AvgIpc) is 2.72. The van der Waals surface area contributed by atoms with E-state index >= 15 is 0 Å². The normalized spacial score (nSPS) is 12.7. The van der Waals surface area contributed by atoms with Gasteiger partial charge in [0.25, 0.3) is 0 Å². The first-order chi connectivity index (χ1) is 9.02. The molecule has 0 fully saturated rings. The molecule has 0 amide bonds. The van der Waals surface area contributed by atoms with Crippen LogP contribution in [0.5, 0.6) is 0 Å². The number of hydrogen-bond acceptors (Lipinski definition) is 2. The summed E-state index contributed by atoms with van der Waals surface area (Å²) in [6.07, 6.45) is 2.54. The number of aryl methyl sites for hydroxylation is 1. The molecule has 1 aromatic heterocycles. The Morgan fingerprint density at radius 3 is 2.74 bits per heavy atom. The van der Waals surface area contributed by atoms with E-state index in [1.165, 1.54) is 6.07 Å². The van der Waals surface area contributed by atoms with E-state index in [0.717, 1.165) is 16.8 Å². The van der Waals surface area contributed by atoms with Crippen molar-refractivity contribution < 1.29 is 4.39 Å². The number of aromatic nitrogens is 2. The molecule has 1 aromatic carbocycles. The Hall–Kier alpha value is -1.39. The second-order valence-electron chi connectivity index (χ2n) is 4.60. The minimum absolute atomic E-state index is 0.106. The molecule has 102 valence electrons. The third-order valence-electron chi connectivity index (χ3n) is 3.42. The molecular weight excluding hydrogens is 265 g/mol. The van der Waals surface area contributed by atoms with Crippen LogP contribution in [0.15, 0.2) is 24.4 Å². The van der Waals surface area contributed by atoms with Gasteiger partial charge in [0.15, 0.2) is 0 Å². The third kappa shape index (κ3) is 2.96. The SMILES string of the molecule is CNC(Cc1ccc(Cl)c(F)c1)c1cnn(C)c1C. The fraction of sp³-hybridized carbons (Fsp3) is 0.357. The van der Waals surface area contributed by atoms with Crippen molar-refractivity contribution in [2.75, 3.05) is 7.05 Å². The Kier molecular flexibility index (Phi) is 4.22. The van der Waals surface area contributed by atoms with Crippen LogP contribution in [0.3, 0.4) is 0 Å². The topological polar surface area (TPSA) is 29.9 Å². The van der Waals surface area contributed by atoms with Crippen LogP contribution in [-0.4, -0.2) is 16.8 Å². The van der Waals surface area contributed by atoms with Crippen LogP contribution in [0.4, 0.5) is 4.39 Å². The van der Waals surface area contributed by atoms with Gasteiger partial charge in [0, 0.05) is 24.3 Å². The number of benzene rings is 1. The predicted octanol–water partition coefficient (Wildman–Crippen LogP) is 3.02. The lowest BCUT2D eigenvalue weighted by Gasteiger charge is -2.16. The number of hydrogen-bond donors (Lipinski definition) is 1. The summed E-state index contributed by atoms with van der Waals surface area (Å²) in [5.41, 5.74) is 3.14. The van der Waals surface area contributed by atoms with Crippen molar-refractivity contribution in [3.63, 3.8) is 0 Å². The Bertz CT molecular complexity index is 580. The number of rotatable bonds is 4. The standard InChI is InChI=1S/C14H17ClFN3/c1-9-11(8-18-19(9)3)14(17-2)7-10-4-5-12(15)13(16)6-10/h4-6,8,14,17H,7H2,1-3H3. The zero-order chi connectivity index (χ0) is 14.0. The highest BCUT2D eigenvalue weighted by molar-refractivity contribution is 6.30. The van der Waals surface area contributed by atoms with E-state index in [9.17, 15) is 4.39 Å². The fourth-order valence-electron chi connectivity index (χ4n) is 2.13. The smallest absolute Gasteiger partial charge is 0.142 e. The van der Waals surface area contributed by atoms with Gasteiger partial charge >= 0.3 is 0 Å². The van der Waals surface area contributed by atoms with Crippen molar-refractivity contribution in [1.29, 1.82) is 0 Å². The summed E-state index contributed by atoms with van der Waals surface area (Å²) >= 11 is 5.69. The van der Waals surface area contributed by atoms with Crippen molar-refractivity contribution in [2.45, 2.75) is 19.4 Å². The molecule has 0 aliphatic rings. The van der Waals surface area contributed by atoms with Crippen LogP contribution in [0.1, 0.15) is 22.9 Å². The highest BCUT2D eigenvalue weighted by Gasteiger charge is 2.16. The van der Waals surface area contributed by atoms with Gasteiger partial charge in [-0.3, -0.25) is 4.68 Å². The molecule has 1 unspecified atom stereocenters. The first-order valence-corrected chi connectivity index (χ1v) is 6.50. The molecule has 0 aliphatic heterocycles. The lowest BCUT2D eigenvalue weighted by molar-refractivity contribution is 0.580. The average molecular weight is 282 g/mol. The quantitative estimate of drug-likeness (QED) is 0.934. The highest BCUT2D eigenvalue weighted by Crippen LogP contribution is 2.23. The summed E-state index contributed by atoms with van der Waals surface area (Å²) in [6, 6.07) is 5.03. The zero-order valence-electron chi connectivity index (χ0n) is 11.2. The molecule has 0 spiro atoms. The monoisotopic (exact) mass is 281 g/mol. The molecule has 0 saturated carbocycles. The van der Waals surface area contributed by atoms with E-state index in [4.69, 9.17) is 11.6 Å². The van der Waals surface area contributed by atoms with E-state index in [-0.39, 0.29) is 16.9 Å². The predicted molar refractivity (Wildman–Crippen MR) is 74.9 cm³/mol. The number of likely N-dealkylation sites (N-methyl/N-ethyl adjacent to an activating group) is 1. The molecule has 0 saturated heterocycles. The molecule has 3 nitrogen and oxygen atoms in total. The van der Waals surface area contributed by atoms with Crippen LogP contribution in [-0.2, 0) is 13.5 Å². The van der Waals surface area contributed by atoms with Crippen molar-refractivity contribution in [3.05, 3.63) is 52.1 Å². The molecule has 2 rings (SSSR count). The van der Waals surface area contributed by atoms with Crippen LogP contribution >= 0.6 is 11.6 Å². The Balaban J connectivity index is 2.24. The number of nitrogens with one attached hydrogen (secondary N) is 1. The molecule has 0 aliphatic carbocycles. The summed E-state index contributed by atoms with van der Waals surface area (Å²) in [4.78, 5) is 0. The van der Waals surface area contributed by atoms with Gasteiger partial charge in [0.2, 0.25) is 0 Å². The van der Waals surface area contributed by atoms with Crippen molar-refractivity contribution in [1.82, 2.24) is 15.1 Å². The summed E-state index contributed by atoms with van der Waals surface area (Å²) in [7, 11) is 3.80. The second kappa shape index (κ2) is 5.72. The van der Waals surface area contributed by atoms with E-state index in [1.54, 1.807) is 6.07 Å². The van der Waals surface area contributed by atoms with Gasteiger partial charge in [0.05, 0.1) is 11.2 Å². The van der Waals surface area contributed by atoms with Gasteiger partial charge in [-0.1, -0.05) is 17.7 Å². The zero-order valence-corrected chi connectivity index (χ0v) is 12.0. The Morgan fingerprint density at radius 2 is 2.21 bits per heavy atom. The van der Waals surface area contributed by atoms with Gasteiger partial charge in [-0.15, -0.1) is 0 Å². The van der Waals surface area contributed by atoms with Gasteiger partial charge in [-0.25, -0.2) is 4.39 Å². The van der Waals surface area contributed by atoms with Gasteiger partial charge < -0.3 is 5.32 Å². The fourth-order valence-corrected chi connectivity index (χ4v) is 2.25. The molecule has 0 radical (unpaired) electrons. The Labute approximate surface area is 117 Å². The summed E-state index contributed by atoms with van der Waals surface area (Å²) in [5, 5.41) is 7.64. The molecule has 0 bridgehead atoms. The minimum atomic E-state index is -0.378. The molecule has 19 heavy (non-hydrogen) atoms.